The molecule has 8 nitrogen and oxygen atoms in total. The molecule has 0 spiro atoms. The first-order valence-corrected chi connectivity index (χ1v) is 11.3. The Morgan fingerprint density at radius 1 is 0.812 bits per heavy atom. The number of rotatable bonds is 4. The minimum absolute atomic E-state index is 0.0591. The van der Waals surface area contributed by atoms with Crippen molar-refractivity contribution in [2.75, 3.05) is 37.6 Å². The zero-order valence-corrected chi connectivity index (χ0v) is 18.0. The van der Waals surface area contributed by atoms with Crippen molar-refractivity contribution in [2.45, 2.75) is 32.1 Å². The molecule has 0 radical (unpaired) electrons. The molecule has 1 aromatic rings. The van der Waals surface area contributed by atoms with Crippen LogP contribution in [0.5, 0.6) is 0 Å². The van der Waals surface area contributed by atoms with E-state index in [4.69, 9.17) is 5.73 Å². The molecule has 3 fully saturated rings. The van der Waals surface area contributed by atoms with Gasteiger partial charge in [0, 0.05) is 56.7 Å². The molecule has 3 aliphatic rings. The van der Waals surface area contributed by atoms with E-state index in [2.05, 4.69) is 0 Å². The molecule has 0 saturated carbocycles. The first-order valence-electron chi connectivity index (χ1n) is 11.3. The molecule has 3 heterocycles. The summed E-state index contributed by atoms with van der Waals surface area (Å²) >= 11 is 0. The van der Waals surface area contributed by atoms with Gasteiger partial charge in [0.05, 0.1) is 5.92 Å². The number of anilines is 1. The largest absolute Gasteiger partial charge is 0.369 e. The van der Waals surface area contributed by atoms with E-state index in [1.165, 1.54) is 17.0 Å². The maximum absolute atomic E-state index is 13.2. The summed E-state index contributed by atoms with van der Waals surface area (Å²) in [7, 11) is 0. The average Bonchev–Trinajstić information content (AvgIpc) is 3.20. The standard InChI is InChI=1S/C23H29FN4O4/c24-18-1-3-19(4-2-18)28-14-17(13-20(28)29)23(32)27-11-7-16(8-12-27)22(31)26-9-5-15(6-10-26)21(25)30/h1-4,15-17H,5-14H2,(H2,25,30)/t17-/m1/s1. The van der Waals surface area contributed by atoms with Gasteiger partial charge in [0.2, 0.25) is 23.6 Å². The Kier molecular flexibility index (Phi) is 6.43. The maximum Gasteiger partial charge on any atom is 0.228 e. The van der Waals surface area contributed by atoms with Crippen LogP contribution in [0.3, 0.4) is 0 Å². The van der Waals surface area contributed by atoms with Crippen LogP contribution in [-0.4, -0.2) is 66.2 Å². The summed E-state index contributed by atoms with van der Waals surface area (Å²) in [5.74, 6) is -1.47. The predicted molar refractivity (Wildman–Crippen MR) is 115 cm³/mol. The first-order chi connectivity index (χ1) is 15.3. The Balaban J connectivity index is 1.27. The fourth-order valence-electron chi connectivity index (χ4n) is 4.99. The number of amides is 4. The monoisotopic (exact) mass is 444 g/mol. The van der Waals surface area contributed by atoms with E-state index in [0.29, 0.717) is 57.5 Å². The lowest BCUT2D eigenvalue weighted by atomic mass is 9.91. The molecule has 0 aliphatic carbocycles. The minimum atomic E-state index is -0.423. The second-order valence-electron chi connectivity index (χ2n) is 8.98. The fraction of sp³-hybridized carbons (Fsp3) is 0.565. The highest BCUT2D eigenvalue weighted by Crippen LogP contribution is 2.29. The first kappa shape index (κ1) is 22.2. The second-order valence-corrected chi connectivity index (χ2v) is 8.98. The highest BCUT2D eigenvalue weighted by molar-refractivity contribution is 6.00. The Morgan fingerprint density at radius 3 is 1.84 bits per heavy atom. The summed E-state index contributed by atoms with van der Waals surface area (Å²) in [6.07, 6.45) is 2.56. The Morgan fingerprint density at radius 2 is 1.31 bits per heavy atom. The van der Waals surface area contributed by atoms with Crippen molar-refractivity contribution >= 4 is 29.3 Å². The van der Waals surface area contributed by atoms with Crippen LogP contribution in [-0.2, 0) is 19.2 Å². The van der Waals surface area contributed by atoms with Gasteiger partial charge in [0.1, 0.15) is 5.82 Å². The summed E-state index contributed by atoms with van der Waals surface area (Å²) in [6.45, 7) is 2.38. The van der Waals surface area contributed by atoms with Crippen LogP contribution >= 0.6 is 0 Å². The van der Waals surface area contributed by atoms with Crippen LogP contribution in [0.25, 0.3) is 0 Å². The Bertz CT molecular complexity index is 890. The van der Waals surface area contributed by atoms with Gasteiger partial charge in [-0.2, -0.15) is 0 Å². The lowest BCUT2D eigenvalue weighted by Gasteiger charge is -2.37. The predicted octanol–water partition coefficient (Wildman–Crippen LogP) is 1.14. The van der Waals surface area contributed by atoms with Crippen molar-refractivity contribution in [3.05, 3.63) is 30.1 Å². The van der Waals surface area contributed by atoms with Crippen molar-refractivity contribution in [1.29, 1.82) is 0 Å². The zero-order chi connectivity index (χ0) is 22.8. The number of nitrogens with zero attached hydrogens (tertiary/aromatic N) is 3. The quantitative estimate of drug-likeness (QED) is 0.752. The van der Waals surface area contributed by atoms with E-state index < -0.39 is 5.92 Å². The van der Waals surface area contributed by atoms with Crippen LogP contribution in [0, 0.1) is 23.6 Å². The molecule has 0 bridgehead atoms. The van der Waals surface area contributed by atoms with Crippen molar-refractivity contribution in [3.8, 4) is 0 Å². The molecule has 0 unspecified atom stereocenters. The number of halogens is 1. The van der Waals surface area contributed by atoms with Gasteiger partial charge in [-0.05, 0) is 49.9 Å². The molecule has 3 aliphatic heterocycles. The van der Waals surface area contributed by atoms with Crippen molar-refractivity contribution in [2.24, 2.45) is 23.5 Å². The van der Waals surface area contributed by atoms with Gasteiger partial charge >= 0.3 is 0 Å². The zero-order valence-electron chi connectivity index (χ0n) is 18.0. The molecule has 1 atom stereocenters. The molecular weight excluding hydrogens is 415 g/mol. The number of benzene rings is 1. The van der Waals surface area contributed by atoms with Gasteiger partial charge in [-0.25, -0.2) is 4.39 Å². The second kappa shape index (κ2) is 9.26. The number of likely N-dealkylation sites (tertiary alicyclic amines) is 2. The number of hydrogen-bond donors (Lipinski definition) is 1. The van der Waals surface area contributed by atoms with E-state index in [1.807, 2.05) is 4.90 Å². The summed E-state index contributed by atoms with van der Waals surface area (Å²) < 4.78 is 13.2. The molecular formula is C23H29FN4O4. The Hall–Kier alpha value is -2.97. The molecule has 1 aromatic carbocycles. The van der Waals surface area contributed by atoms with E-state index in [1.54, 1.807) is 17.0 Å². The van der Waals surface area contributed by atoms with E-state index in [-0.39, 0.29) is 54.2 Å². The molecule has 0 aromatic heterocycles. The third-order valence-electron chi connectivity index (χ3n) is 6.98. The molecule has 172 valence electrons. The number of carbonyl (C=O) groups is 4. The lowest BCUT2D eigenvalue weighted by molar-refractivity contribution is -0.143. The summed E-state index contributed by atoms with van der Waals surface area (Å²) in [4.78, 5) is 54.7. The van der Waals surface area contributed by atoms with E-state index >= 15 is 0 Å². The molecule has 4 rings (SSSR count). The van der Waals surface area contributed by atoms with Crippen molar-refractivity contribution in [1.82, 2.24) is 9.80 Å². The third kappa shape index (κ3) is 4.61. The molecule has 9 heteroatoms. The molecule has 3 saturated heterocycles. The highest BCUT2D eigenvalue weighted by Gasteiger charge is 2.39. The summed E-state index contributed by atoms with van der Waals surface area (Å²) in [5, 5.41) is 0. The van der Waals surface area contributed by atoms with E-state index in [9.17, 15) is 23.6 Å². The minimum Gasteiger partial charge on any atom is -0.369 e. The van der Waals surface area contributed by atoms with Crippen LogP contribution < -0.4 is 10.6 Å². The maximum atomic E-state index is 13.2. The highest BCUT2D eigenvalue weighted by atomic mass is 19.1. The molecule has 2 N–H and O–H groups in total. The molecule has 32 heavy (non-hydrogen) atoms. The summed E-state index contributed by atoms with van der Waals surface area (Å²) in [6, 6.07) is 5.69. The van der Waals surface area contributed by atoms with Gasteiger partial charge in [-0.3, -0.25) is 19.2 Å². The van der Waals surface area contributed by atoms with Crippen LogP contribution in [0.4, 0.5) is 10.1 Å². The smallest absolute Gasteiger partial charge is 0.228 e. The number of carbonyl (C=O) groups excluding carboxylic acids is 4. The number of piperidine rings is 2. The average molecular weight is 445 g/mol. The van der Waals surface area contributed by atoms with Crippen LogP contribution in [0.1, 0.15) is 32.1 Å². The number of hydrogen-bond acceptors (Lipinski definition) is 4. The van der Waals surface area contributed by atoms with Crippen LogP contribution in [0.2, 0.25) is 0 Å². The van der Waals surface area contributed by atoms with Gasteiger partial charge in [0.15, 0.2) is 0 Å². The van der Waals surface area contributed by atoms with Gasteiger partial charge in [0.25, 0.3) is 0 Å². The van der Waals surface area contributed by atoms with Gasteiger partial charge < -0.3 is 20.4 Å². The normalized spacial score (nSPS) is 23.0. The Labute approximate surface area is 186 Å². The molecule has 4 amide bonds. The van der Waals surface area contributed by atoms with Gasteiger partial charge in [-0.15, -0.1) is 0 Å². The lowest BCUT2D eigenvalue weighted by Crippen LogP contribution is -2.48. The van der Waals surface area contributed by atoms with Crippen molar-refractivity contribution < 1.29 is 23.6 Å². The topological polar surface area (TPSA) is 104 Å². The van der Waals surface area contributed by atoms with E-state index in [0.717, 1.165) is 0 Å². The summed E-state index contributed by atoms with van der Waals surface area (Å²) in [5.41, 5.74) is 5.96. The SMILES string of the molecule is NC(=O)C1CCN(C(=O)C2CCN(C(=O)[C@@H]3CC(=O)N(c4ccc(F)cc4)C3)CC2)CC1. The third-order valence-corrected chi connectivity index (χ3v) is 6.98. The van der Waals surface area contributed by atoms with Crippen LogP contribution in [0.15, 0.2) is 24.3 Å². The fourth-order valence-corrected chi connectivity index (χ4v) is 4.99. The van der Waals surface area contributed by atoms with Crippen molar-refractivity contribution in [3.63, 3.8) is 0 Å². The van der Waals surface area contributed by atoms with Gasteiger partial charge in [-0.1, -0.05) is 0 Å². The number of nitrogens with two attached hydrogens (primary N) is 1. The number of primary amides is 1.